The molecule has 0 radical (unpaired) electrons. The third kappa shape index (κ3) is 5.74. The zero-order valence-corrected chi connectivity index (χ0v) is 20.3. The van der Waals surface area contributed by atoms with Crippen molar-refractivity contribution in [3.8, 4) is 11.5 Å². The second-order valence-corrected chi connectivity index (χ2v) is 9.38. The highest BCUT2D eigenvalue weighted by Gasteiger charge is 2.27. The van der Waals surface area contributed by atoms with Gasteiger partial charge in [0.1, 0.15) is 10.5 Å². The van der Waals surface area contributed by atoms with Crippen molar-refractivity contribution in [1.29, 1.82) is 0 Å². The molecule has 0 bridgehead atoms. The Bertz CT molecular complexity index is 1280. The molecule has 0 atom stereocenters. The maximum absolute atomic E-state index is 12.8. The fourth-order valence-electron chi connectivity index (χ4n) is 2.74. The number of anilines is 1. The summed E-state index contributed by atoms with van der Waals surface area (Å²) in [5.41, 5.74) is 0.587. The van der Waals surface area contributed by atoms with E-state index in [0.29, 0.717) is 11.3 Å². The molecule has 172 valence electrons. The summed E-state index contributed by atoms with van der Waals surface area (Å²) in [6.45, 7) is 1.33. The fourth-order valence-corrected chi connectivity index (χ4v) is 4.53. The van der Waals surface area contributed by atoms with Crippen molar-refractivity contribution in [1.82, 2.24) is 10.6 Å². The van der Waals surface area contributed by atoms with Gasteiger partial charge in [-0.1, -0.05) is 0 Å². The first-order valence-electron chi connectivity index (χ1n) is 9.08. The van der Waals surface area contributed by atoms with Gasteiger partial charge in [-0.05, 0) is 76.2 Å². The van der Waals surface area contributed by atoms with Gasteiger partial charge in [0, 0.05) is 12.6 Å². The van der Waals surface area contributed by atoms with E-state index >= 15 is 0 Å². The molecule has 1 aliphatic heterocycles. The Labute approximate surface area is 202 Å². The number of methoxy groups -OCH3 is 1. The zero-order valence-electron chi connectivity index (χ0n) is 17.1. The van der Waals surface area contributed by atoms with E-state index < -0.39 is 21.9 Å². The lowest BCUT2D eigenvalue weighted by Crippen LogP contribution is -2.51. The minimum atomic E-state index is -4.26. The number of rotatable bonds is 6. The quantitative estimate of drug-likeness (QED) is 0.214. The molecule has 3 amide bonds. The zero-order chi connectivity index (χ0) is 24.3. The van der Waals surface area contributed by atoms with Crippen molar-refractivity contribution >= 4 is 72.9 Å². The second-order valence-electron chi connectivity index (χ2n) is 6.57. The van der Waals surface area contributed by atoms with Gasteiger partial charge in [0.15, 0.2) is 16.6 Å². The number of hydrogen-bond acceptors (Lipinski definition) is 8. The molecule has 10 nitrogen and oxygen atoms in total. The first-order valence-corrected chi connectivity index (χ1v) is 11.7. The van der Waals surface area contributed by atoms with Crippen molar-refractivity contribution in [2.75, 3.05) is 12.4 Å². The lowest BCUT2D eigenvalue weighted by molar-refractivity contribution is -0.123. The highest BCUT2D eigenvalue weighted by molar-refractivity contribution is 9.10. The molecular formula is C20H16BrN3O7S2. The van der Waals surface area contributed by atoms with Crippen LogP contribution in [0, 0.1) is 0 Å². The topological polar surface area (TPSA) is 140 Å². The molecule has 0 aliphatic carbocycles. The molecule has 13 heteroatoms. The molecule has 0 unspecified atom stereocenters. The van der Waals surface area contributed by atoms with Gasteiger partial charge in [0.25, 0.3) is 11.8 Å². The average Bonchev–Trinajstić information content (AvgIpc) is 2.72. The Kier molecular flexibility index (Phi) is 7.15. The van der Waals surface area contributed by atoms with Crippen LogP contribution >= 0.6 is 28.1 Å². The first-order chi connectivity index (χ1) is 15.5. The molecule has 3 N–H and O–H groups in total. The van der Waals surface area contributed by atoms with Crippen LogP contribution in [0.1, 0.15) is 12.5 Å². The Morgan fingerprint density at radius 3 is 2.27 bits per heavy atom. The van der Waals surface area contributed by atoms with E-state index in [2.05, 4.69) is 31.9 Å². The molecule has 1 saturated heterocycles. The first kappa shape index (κ1) is 24.4. The molecule has 0 saturated carbocycles. The van der Waals surface area contributed by atoms with Crippen LogP contribution in [0.2, 0.25) is 0 Å². The monoisotopic (exact) mass is 553 g/mol. The van der Waals surface area contributed by atoms with Gasteiger partial charge < -0.3 is 14.2 Å². The number of halogens is 1. The van der Waals surface area contributed by atoms with Crippen LogP contribution < -0.4 is 24.9 Å². The Hall–Kier alpha value is -3.29. The predicted molar refractivity (Wildman–Crippen MR) is 126 cm³/mol. The SMILES string of the molecule is COc1cc(C=C2C(=O)NC(=S)NC2=O)cc(Br)c1OS(=O)(=O)c1ccc(NC(C)=O)cc1. The number of carbonyl (C=O) groups excluding carboxylic acids is 3. The fraction of sp³-hybridized carbons (Fsp3) is 0.100. The van der Waals surface area contributed by atoms with Gasteiger partial charge in [0.05, 0.1) is 11.6 Å². The Morgan fingerprint density at radius 1 is 1.12 bits per heavy atom. The molecule has 0 aromatic heterocycles. The van der Waals surface area contributed by atoms with Crippen LogP contribution in [0.3, 0.4) is 0 Å². The van der Waals surface area contributed by atoms with E-state index in [0.717, 1.165) is 0 Å². The van der Waals surface area contributed by atoms with E-state index in [1.54, 1.807) is 0 Å². The van der Waals surface area contributed by atoms with E-state index in [1.165, 1.54) is 56.5 Å². The number of benzene rings is 2. The Balaban J connectivity index is 1.92. The molecular weight excluding hydrogens is 538 g/mol. The van der Waals surface area contributed by atoms with Crippen molar-refractivity contribution in [3.05, 3.63) is 52.0 Å². The van der Waals surface area contributed by atoms with E-state index in [1.807, 2.05) is 0 Å². The van der Waals surface area contributed by atoms with Crippen molar-refractivity contribution in [2.45, 2.75) is 11.8 Å². The van der Waals surface area contributed by atoms with Crippen molar-refractivity contribution < 1.29 is 31.7 Å². The maximum atomic E-state index is 12.8. The molecule has 2 aromatic rings. The lowest BCUT2D eigenvalue weighted by Gasteiger charge is -2.17. The molecule has 1 heterocycles. The van der Waals surface area contributed by atoms with E-state index in [9.17, 15) is 22.8 Å². The van der Waals surface area contributed by atoms with E-state index in [4.69, 9.17) is 21.1 Å². The number of ether oxygens (including phenoxy) is 1. The number of nitrogens with one attached hydrogen (secondary N) is 3. The molecule has 0 spiro atoms. The minimum Gasteiger partial charge on any atom is -0.493 e. The highest BCUT2D eigenvalue weighted by atomic mass is 79.9. The summed E-state index contributed by atoms with van der Waals surface area (Å²) >= 11 is 8.00. The summed E-state index contributed by atoms with van der Waals surface area (Å²) in [6.07, 6.45) is 1.29. The number of carbonyl (C=O) groups is 3. The van der Waals surface area contributed by atoms with Crippen molar-refractivity contribution in [3.63, 3.8) is 0 Å². The summed E-state index contributed by atoms with van der Waals surface area (Å²) in [5.74, 6) is -1.75. The maximum Gasteiger partial charge on any atom is 0.339 e. The van der Waals surface area contributed by atoms with Crippen molar-refractivity contribution in [2.24, 2.45) is 0 Å². The van der Waals surface area contributed by atoms with Crippen LogP contribution in [-0.2, 0) is 24.5 Å². The smallest absolute Gasteiger partial charge is 0.339 e. The van der Waals surface area contributed by atoms with E-state index in [-0.39, 0.29) is 37.5 Å². The second kappa shape index (κ2) is 9.68. The van der Waals surface area contributed by atoms with Gasteiger partial charge in [-0.15, -0.1) is 0 Å². The highest BCUT2D eigenvalue weighted by Crippen LogP contribution is 2.39. The summed E-state index contributed by atoms with van der Waals surface area (Å²) in [6, 6.07) is 8.26. The lowest BCUT2D eigenvalue weighted by atomic mass is 10.1. The van der Waals surface area contributed by atoms with Gasteiger partial charge in [-0.25, -0.2) is 0 Å². The van der Waals surface area contributed by atoms with Crippen LogP contribution in [0.15, 0.2) is 51.3 Å². The van der Waals surface area contributed by atoms with Gasteiger partial charge >= 0.3 is 10.1 Å². The number of amides is 3. The normalized spacial score (nSPS) is 13.7. The average molecular weight is 554 g/mol. The van der Waals surface area contributed by atoms with Gasteiger partial charge in [-0.2, -0.15) is 8.42 Å². The third-order valence-electron chi connectivity index (χ3n) is 4.16. The summed E-state index contributed by atoms with van der Waals surface area (Å²) in [4.78, 5) is 35.1. The summed E-state index contributed by atoms with van der Waals surface area (Å²) < 4.78 is 36.2. The summed E-state index contributed by atoms with van der Waals surface area (Å²) in [7, 11) is -2.95. The molecule has 3 rings (SSSR count). The molecule has 1 aliphatic rings. The van der Waals surface area contributed by atoms with Gasteiger partial charge in [0.2, 0.25) is 5.91 Å². The predicted octanol–water partition coefficient (Wildman–Crippen LogP) is 2.10. The van der Waals surface area contributed by atoms with Gasteiger partial charge in [-0.3, -0.25) is 25.0 Å². The number of thiocarbonyl (C=S) groups is 1. The van der Waals surface area contributed by atoms with Crippen LogP contribution in [0.4, 0.5) is 5.69 Å². The Morgan fingerprint density at radius 2 is 1.73 bits per heavy atom. The summed E-state index contributed by atoms with van der Waals surface area (Å²) in [5, 5.41) is 7.08. The van der Waals surface area contributed by atoms with Crippen LogP contribution in [-0.4, -0.2) is 38.4 Å². The molecule has 33 heavy (non-hydrogen) atoms. The van der Waals surface area contributed by atoms with Crippen LogP contribution in [0.5, 0.6) is 11.5 Å². The number of hydrogen-bond donors (Lipinski definition) is 3. The molecule has 1 fully saturated rings. The van der Waals surface area contributed by atoms with Crippen LogP contribution in [0.25, 0.3) is 6.08 Å². The largest absolute Gasteiger partial charge is 0.493 e. The molecule has 2 aromatic carbocycles. The minimum absolute atomic E-state index is 0.0295. The standard InChI is InChI=1S/C20H16BrN3O7S2/c1-10(25)22-12-3-5-13(6-4-12)33(28,29)31-17-15(21)8-11(9-16(17)30-2)7-14-18(26)23-20(32)24-19(14)27/h3-9H,1-2H3,(H,22,25)(H2,23,24,26,27,32). The third-order valence-corrected chi connectivity index (χ3v) is 6.19.